The molecule has 0 aromatic heterocycles. The van der Waals surface area contributed by atoms with Crippen LogP contribution in [-0.2, 0) is 11.8 Å². The van der Waals surface area contributed by atoms with Crippen LogP contribution in [0.3, 0.4) is 0 Å². The lowest BCUT2D eigenvalue weighted by Gasteiger charge is -2.56. The molecule has 1 heterocycles. The summed E-state index contributed by atoms with van der Waals surface area (Å²) in [7, 11) is 0. The van der Waals surface area contributed by atoms with Crippen LogP contribution in [0.15, 0.2) is 42.5 Å². The number of fused-ring (bicyclic) bond motifs is 1. The summed E-state index contributed by atoms with van der Waals surface area (Å²) in [6, 6.07) is 15.3. The van der Waals surface area contributed by atoms with Gasteiger partial charge in [-0.3, -0.25) is 0 Å². The standard InChI is InChI=1S/C22H25NO/c24-21-14-19-16(12-17(21)15-6-2-1-3-7-15)13-20-18-8-4-5-9-22(18,19)10-11-23-20/h1-3,6-7,12,14,18,20,23-24H,4-5,8-11,13H2. The molecule has 2 fully saturated rings. The molecule has 3 atom stereocenters. The first-order valence-corrected chi connectivity index (χ1v) is 9.43. The maximum Gasteiger partial charge on any atom is 0.123 e. The van der Waals surface area contributed by atoms with E-state index < -0.39 is 0 Å². The number of nitrogens with one attached hydrogen (secondary N) is 1. The second-order valence-electron chi connectivity index (χ2n) is 7.92. The summed E-state index contributed by atoms with van der Waals surface area (Å²) in [6.45, 7) is 1.13. The average molecular weight is 319 g/mol. The van der Waals surface area contributed by atoms with E-state index in [9.17, 15) is 5.11 Å². The molecule has 2 aliphatic carbocycles. The van der Waals surface area contributed by atoms with Crippen LogP contribution in [0.4, 0.5) is 0 Å². The van der Waals surface area contributed by atoms with Crippen LogP contribution in [0.25, 0.3) is 11.1 Å². The maximum atomic E-state index is 10.8. The smallest absolute Gasteiger partial charge is 0.123 e. The summed E-state index contributed by atoms with van der Waals surface area (Å²) < 4.78 is 0. The summed E-state index contributed by atoms with van der Waals surface area (Å²) >= 11 is 0. The number of phenols is 1. The molecule has 0 spiro atoms. The third kappa shape index (κ3) is 1.99. The molecule has 1 saturated heterocycles. The van der Waals surface area contributed by atoms with Gasteiger partial charge in [0.15, 0.2) is 0 Å². The molecule has 3 aliphatic rings. The summed E-state index contributed by atoms with van der Waals surface area (Å²) in [4.78, 5) is 0. The molecule has 2 bridgehead atoms. The van der Waals surface area contributed by atoms with Gasteiger partial charge in [-0.15, -0.1) is 0 Å². The molecule has 2 nitrogen and oxygen atoms in total. The Morgan fingerprint density at radius 2 is 1.92 bits per heavy atom. The van der Waals surface area contributed by atoms with Crippen LogP contribution < -0.4 is 5.32 Å². The lowest BCUT2D eigenvalue weighted by Crippen LogP contribution is -2.59. The van der Waals surface area contributed by atoms with Crippen molar-refractivity contribution in [2.45, 2.75) is 50.0 Å². The quantitative estimate of drug-likeness (QED) is 0.816. The van der Waals surface area contributed by atoms with Gasteiger partial charge in [0.2, 0.25) is 0 Å². The van der Waals surface area contributed by atoms with E-state index in [4.69, 9.17) is 0 Å². The molecule has 2 N–H and O–H groups in total. The third-order valence-electron chi connectivity index (χ3n) is 6.84. The van der Waals surface area contributed by atoms with Gasteiger partial charge in [0.1, 0.15) is 5.75 Å². The molecule has 0 radical (unpaired) electrons. The zero-order valence-electron chi connectivity index (χ0n) is 14.1. The average Bonchev–Trinajstić information content (AvgIpc) is 2.63. The van der Waals surface area contributed by atoms with Gasteiger partial charge in [-0.2, -0.15) is 0 Å². The molecule has 124 valence electrons. The van der Waals surface area contributed by atoms with Gasteiger partial charge < -0.3 is 10.4 Å². The first-order chi connectivity index (χ1) is 11.8. The Balaban J connectivity index is 1.68. The molecule has 3 unspecified atom stereocenters. The fourth-order valence-corrected chi connectivity index (χ4v) is 5.82. The second kappa shape index (κ2) is 5.35. The van der Waals surface area contributed by atoms with Gasteiger partial charge in [-0.05, 0) is 67.0 Å². The van der Waals surface area contributed by atoms with Crippen LogP contribution in [0.2, 0.25) is 0 Å². The Kier molecular flexibility index (Phi) is 3.24. The molecule has 2 aromatic carbocycles. The first-order valence-electron chi connectivity index (χ1n) is 9.43. The minimum atomic E-state index is 0.314. The third-order valence-corrected chi connectivity index (χ3v) is 6.84. The van der Waals surface area contributed by atoms with Crippen LogP contribution in [0.1, 0.15) is 43.2 Å². The summed E-state index contributed by atoms with van der Waals surface area (Å²) in [5.74, 6) is 1.21. The van der Waals surface area contributed by atoms with Crippen molar-refractivity contribution < 1.29 is 5.11 Å². The van der Waals surface area contributed by atoms with Crippen LogP contribution in [-0.4, -0.2) is 17.7 Å². The largest absolute Gasteiger partial charge is 0.507 e. The molecule has 24 heavy (non-hydrogen) atoms. The number of piperidine rings is 1. The van der Waals surface area contributed by atoms with E-state index in [1.54, 1.807) is 0 Å². The molecule has 2 heteroatoms. The number of aromatic hydroxyl groups is 1. The highest BCUT2D eigenvalue weighted by atomic mass is 16.3. The number of phenolic OH excluding ortho intramolecular Hbond substituents is 1. The molecule has 2 aromatic rings. The fourth-order valence-electron chi connectivity index (χ4n) is 5.82. The van der Waals surface area contributed by atoms with E-state index in [-0.39, 0.29) is 0 Å². The zero-order valence-corrected chi connectivity index (χ0v) is 14.1. The molecular weight excluding hydrogens is 294 g/mol. The lowest BCUT2D eigenvalue weighted by molar-refractivity contribution is 0.0796. The SMILES string of the molecule is Oc1cc2c(cc1-c1ccccc1)CC1NCCC23CCCCC13. The van der Waals surface area contributed by atoms with E-state index >= 15 is 0 Å². The van der Waals surface area contributed by atoms with Gasteiger partial charge >= 0.3 is 0 Å². The summed E-state index contributed by atoms with van der Waals surface area (Å²) in [5.41, 5.74) is 5.33. The van der Waals surface area contributed by atoms with Crippen molar-refractivity contribution in [3.05, 3.63) is 53.6 Å². The Bertz CT molecular complexity index is 765. The minimum absolute atomic E-state index is 0.314. The summed E-state index contributed by atoms with van der Waals surface area (Å²) in [6.07, 6.45) is 7.69. The van der Waals surface area contributed by atoms with Gasteiger partial charge in [-0.1, -0.05) is 43.2 Å². The van der Waals surface area contributed by atoms with E-state index in [0.29, 0.717) is 17.2 Å². The van der Waals surface area contributed by atoms with E-state index in [2.05, 4.69) is 29.6 Å². The van der Waals surface area contributed by atoms with E-state index in [1.165, 1.54) is 43.2 Å². The lowest BCUT2D eigenvalue weighted by atomic mass is 9.52. The van der Waals surface area contributed by atoms with Crippen LogP contribution in [0, 0.1) is 5.92 Å². The summed E-state index contributed by atoms with van der Waals surface area (Å²) in [5, 5.41) is 14.6. The van der Waals surface area contributed by atoms with E-state index in [0.717, 1.165) is 30.0 Å². The molecule has 0 amide bonds. The first kappa shape index (κ1) is 14.5. The van der Waals surface area contributed by atoms with Crippen molar-refractivity contribution in [1.29, 1.82) is 0 Å². The van der Waals surface area contributed by atoms with Crippen molar-refractivity contribution >= 4 is 0 Å². The van der Waals surface area contributed by atoms with E-state index in [1.807, 2.05) is 18.2 Å². The number of hydrogen-bond donors (Lipinski definition) is 2. The maximum absolute atomic E-state index is 10.8. The number of hydrogen-bond acceptors (Lipinski definition) is 2. The number of rotatable bonds is 1. The predicted octanol–water partition coefficient (Wildman–Crippen LogP) is 4.41. The van der Waals surface area contributed by atoms with Gasteiger partial charge in [0, 0.05) is 17.0 Å². The Labute approximate surface area is 143 Å². The highest BCUT2D eigenvalue weighted by Gasteiger charge is 2.51. The predicted molar refractivity (Wildman–Crippen MR) is 97.3 cm³/mol. The topological polar surface area (TPSA) is 32.3 Å². The number of benzene rings is 2. The van der Waals surface area contributed by atoms with Crippen LogP contribution in [0.5, 0.6) is 5.75 Å². The Morgan fingerprint density at radius 1 is 1.04 bits per heavy atom. The Morgan fingerprint density at radius 3 is 2.79 bits per heavy atom. The van der Waals surface area contributed by atoms with Gasteiger partial charge in [-0.25, -0.2) is 0 Å². The fraction of sp³-hybridized carbons (Fsp3) is 0.455. The Hall–Kier alpha value is -1.80. The van der Waals surface area contributed by atoms with Crippen molar-refractivity contribution in [2.24, 2.45) is 5.92 Å². The molecule has 5 rings (SSSR count). The minimum Gasteiger partial charge on any atom is -0.507 e. The normalized spacial score (nSPS) is 31.2. The molecule has 1 saturated carbocycles. The molecular formula is C22H25NO. The highest BCUT2D eigenvalue weighted by molar-refractivity contribution is 5.72. The monoisotopic (exact) mass is 319 g/mol. The van der Waals surface area contributed by atoms with Crippen molar-refractivity contribution in [2.75, 3.05) is 6.54 Å². The highest BCUT2D eigenvalue weighted by Crippen LogP contribution is 2.55. The molecule has 1 aliphatic heterocycles. The zero-order chi connectivity index (χ0) is 16.1. The van der Waals surface area contributed by atoms with Crippen LogP contribution >= 0.6 is 0 Å². The van der Waals surface area contributed by atoms with Gasteiger partial charge in [0.05, 0.1) is 0 Å². The van der Waals surface area contributed by atoms with Crippen molar-refractivity contribution in [3.63, 3.8) is 0 Å². The van der Waals surface area contributed by atoms with Gasteiger partial charge in [0.25, 0.3) is 0 Å². The second-order valence-corrected chi connectivity index (χ2v) is 7.92. The van der Waals surface area contributed by atoms with Crippen molar-refractivity contribution in [3.8, 4) is 16.9 Å². The van der Waals surface area contributed by atoms with Crippen molar-refractivity contribution in [1.82, 2.24) is 5.32 Å².